The Morgan fingerprint density at radius 1 is 1.46 bits per heavy atom. The van der Waals surface area contributed by atoms with Crippen molar-refractivity contribution >= 4 is 18.1 Å². The Kier molecular flexibility index (Phi) is 5.45. The van der Waals surface area contributed by atoms with E-state index in [1.165, 1.54) is 6.92 Å². The van der Waals surface area contributed by atoms with Crippen LogP contribution in [0.25, 0.3) is 0 Å². The van der Waals surface area contributed by atoms with Gasteiger partial charge in [0.2, 0.25) is 11.8 Å². The molecule has 0 saturated carbocycles. The Bertz CT molecular complexity index is 203. The number of hydrogen-bond donors (Lipinski definition) is 3. The standard InChI is InChI=1S/C7H13N3O3/c1-5(8)7(13)10-4-6(12)9-2-3-11/h3,5H,2,4,8H2,1H3,(H,9,12)(H,10,13). The van der Waals surface area contributed by atoms with Gasteiger partial charge in [-0.2, -0.15) is 0 Å². The third-order valence-corrected chi connectivity index (χ3v) is 1.22. The molecule has 6 heteroatoms. The third kappa shape index (κ3) is 5.80. The molecular formula is C7H13N3O3. The van der Waals surface area contributed by atoms with Gasteiger partial charge in [0.15, 0.2) is 0 Å². The number of hydrogen-bond acceptors (Lipinski definition) is 4. The van der Waals surface area contributed by atoms with Gasteiger partial charge >= 0.3 is 0 Å². The molecule has 0 radical (unpaired) electrons. The Morgan fingerprint density at radius 3 is 2.54 bits per heavy atom. The summed E-state index contributed by atoms with van der Waals surface area (Å²) in [6.07, 6.45) is 0.561. The van der Waals surface area contributed by atoms with Gasteiger partial charge in [-0.1, -0.05) is 0 Å². The summed E-state index contributed by atoms with van der Waals surface area (Å²) < 4.78 is 0. The van der Waals surface area contributed by atoms with Crippen molar-refractivity contribution in [3.8, 4) is 0 Å². The normalized spacial score (nSPS) is 11.5. The summed E-state index contributed by atoms with van der Waals surface area (Å²) in [7, 11) is 0. The lowest BCUT2D eigenvalue weighted by atomic mass is 10.3. The topological polar surface area (TPSA) is 101 Å². The van der Waals surface area contributed by atoms with E-state index in [9.17, 15) is 14.4 Å². The minimum Gasteiger partial charge on any atom is -0.348 e. The van der Waals surface area contributed by atoms with E-state index in [4.69, 9.17) is 5.73 Å². The fourth-order valence-electron chi connectivity index (χ4n) is 0.546. The minimum absolute atomic E-state index is 0.0487. The van der Waals surface area contributed by atoms with Gasteiger partial charge in [-0.15, -0.1) is 0 Å². The number of nitrogens with one attached hydrogen (secondary N) is 2. The molecule has 6 nitrogen and oxygen atoms in total. The maximum Gasteiger partial charge on any atom is 0.239 e. The van der Waals surface area contributed by atoms with E-state index >= 15 is 0 Å². The molecule has 0 aromatic carbocycles. The first-order chi connectivity index (χ1) is 6.07. The van der Waals surface area contributed by atoms with Gasteiger partial charge in [-0.25, -0.2) is 0 Å². The first-order valence-corrected chi connectivity index (χ1v) is 3.81. The van der Waals surface area contributed by atoms with Crippen LogP contribution in [0.15, 0.2) is 0 Å². The predicted molar refractivity (Wildman–Crippen MR) is 45.7 cm³/mol. The summed E-state index contributed by atoms with van der Waals surface area (Å²) >= 11 is 0. The summed E-state index contributed by atoms with van der Waals surface area (Å²) in [6, 6.07) is -0.640. The highest BCUT2D eigenvalue weighted by atomic mass is 16.2. The highest BCUT2D eigenvalue weighted by molar-refractivity contribution is 5.87. The zero-order chi connectivity index (χ0) is 10.3. The molecule has 0 aromatic heterocycles. The molecule has 1 atom stereocenters. The highest BCUT2D eigenvalue weighted by Crippen LogP contribution is 1.73. The lowest BCUT2D eigenvalue weighted by Gasteiger charge is -2.06. The van der Waals surface area contributed by atoms with Gasteiger partial charge in [0.25, 0.3) is 0 Å². The van der Waals surface area contributed by atoms with E-state index in [1.54, 1.807) is 0 Å². The van der Waals surface area contributed by atoms with Crippen molar-refractivity contribution < 1.29 is 14.4 Å². The Morgan fingerprint density at radius 2 is 2.08 bits per heavy atom. The molecule has 0 aliphatic carbocycles. The second-order valence-electron chi connectivity index (χ2n) is 2.48. The van der Waals surface area contributed by atoms with Crippen LogP contribution in [0.1, 0.15) is 6.92 Å². The van der Waals surface area contributed by atoms with E-state index < -0.39 is 17.9 Å². The zero-order valence-electron chi connectivity index (χ0n) is 7.37. The molecule has 74 valence electrons. The summed E-state index contributed by atoms with van der Waals surface area (Å²) in [5.41, 5.74) is 5.22. The fourth-order valence-corrected chi connectivity index (χ4v) is 0.546. The Labute approximate surface area is 75.9 Å². The molecule has 0 spiro atoms. The minimum atomic E-state index is -0.640. The van der Waals surface area contributed by atoms with Crippen LogP contribution in [0.3, 0.4) is 0 Å². The van der Waals surface area contributed by atoms with Crippen LogP contribution in [0.5, 0.6) is 0 Å². The van der Waals surface area contributed by atoms with Crippen LogP contribution in [0, 0.1) is 0 Å². The van der Waals surface area contributed by atoms with Crippen molar-refractivity contribution in [2.75, 3.05) is 13.1 Å². The summed E-state index contributed by atoms with van der Waals surface area (Å²) in [4.78, 5) is 31.5. The molecule has 0 bridgehead atoms. The number of amides is 2. The fraction of sp³-hybridized carbons (Fsp3) is 0.571. The molecule has 0 aliphatic heterocycles. The number of carbonyl (C=O) groups is 3. The quantitative estimate of drug-likeness (QED) is 0.424. The lowest BCUT2D eigenvalue weighted by Crippen LogP contribution is -2.43. The molecular weight excluding hydrogens is 174 g/mol. The van der Waals surface area contributed by atoms with Crippen LogP contribution in [-0.2, 0) is 14.4 Å². The first-order valence-electron chi connectivity index (χ1n) is 3.81. The lowest BCUT2D eigenvalue weighted by molar-refractivity contribution is -0.126. The van der Waals surface area contributed by atoms with Crippen molar-refractivity contribution in [2.24, 2.45) is 5.73 Å². The highest BCUT2D eigenvalue weighted by Gasteiger charge is 2.08. The second kappa shape index (κ2) is 6.13. The smallest absolute Gasteiger partial charge is 0.239 e. The molecule has 0 heterocycles. The first kappa shape index (κ1) is 11.6. The molecule has 13 heavy (non-hydrogen) atoms. The molecule has 4 N–H and O–H groups in total. The Hall–Kier alpha value is -1.43. The van der Waals surface area contributed by atoms with Gasteiger partial charge in [0, 0.05) is 0 Å². The summed E-state index contributed by atoms with van der Waals surface area (Å²) in [6.45, 7) is 1.31. The van der Waals surface area contributed by atoms with Crippen LogP contribution in [0.4, 0.5) is 0 Å². The number of carbonyl (C=O) groups excluding carboxylic acids is 3. The molecule has 1 unspecified atom stereocenters. The predicted octanol–water partition coefficient (Wildman–Crippen LogP) is -2.24. The van der Waals surface area contributed by atoms with E-state index in [-0.39, 0.29) is 13.1 Å². The van der Waals surface area contributed by atoms with Crippen LogP contribution < -0.4 is 16.4 Å². The van der Waals surface area contributed by atoms with Crippen molar-refractivity contribution in [2.45, 2.75) is 13.0 Å². The van der Waals surface area contributed by atoms with Gasteiger partial charge < -0.3 is 21.2 Å². The van der Waals surface area contributed by atoms with E-state index in [0.717, 1.165) is 0 Å². The summed E-state index contributed by atoms with van der Waals surface area (Å²) in [5.74, 6) is -0.817. The average molecular weight is 187 g/mol. The van der Waals surface area contributed by atoms with Gasteiger partial charge in [0.1, 0.15) is 6.29 Å². The molecule has 2 amide bonds. The van der Waals surface area contributed by atoms with Crippen molar-refractivity contribution in [3.63, 3.8) is 0 Å². The maximum absolute atomic E-state index is 10.8. The molecule has 0 aliphatic rings. The summed E-state index contributed by atoms with van der Waals surface area (Å²) in [5, 5.41) is 4.56. The molecule has 0 aromatic rings. The van der Waals surface area contributed by atoms with Crippen LogP contribution in [-0.4, -0.2) is 37.2 Å². The monoisotopic (exact) mass is 187 g/mol. The van der Waals surface area contributed by atoms with Crippen molar-refractivity contribution in [3.05, 3.63) is 0 Å². The Balaban J connectivity index is 3.57. The third-order valence-electron chi connectivity index (χ3n) is 1.22. The number of nitrogens with two attached hydrogens (primary N) is 1. The van der Waals surface area contributed by atoms with E-state index in [2.05, 4.69) is 10.6 Å². The van der Waals surface area contributed by atoms with E-state index in [0.29, 0.717) is 6.29 Å². The second-order valence-corrected chi connectivity index (χ2v) is 2.48. The van der Waals surface area contributed by atoms with Crippen molar-refractivity contribution in [1.82, 2.24) is 10.6 Å². The molecule has 0 fully saturated rings. The SMILES string of the molecule is CC(N)C(=O)NCC(=O)NCC=O. The average Bonchev–Trinajstić information content (AvgIpc) is 2.10. The van der Waals surface area contributed by atoms with Gasteiger partial charge in [-0.05, 0) is 6.92 Å². The number of aldehydes is 1. The van der Waals surface area contributed by atoms with E-state index in [1.807, 2.05) is 0 Å². The van der Waals surface area contributed by atoms with Gasteiger partial charge in [-0.3, -0.25) is 9.59 Å². The van der Waals surface area contributed by atoms with Crippen LogP contribution in [0.2, 0.25) is 0 Å². The molecule has 0 saturated heterocycles. The van der Waals surface area contributed by atoms with Gasteiger partial charge in [0.05, 0.1) is 19.1 Å². The van der Waals surface area contributed by atoms with Crippen LogP contribution >= 0.6 is 0 Å². The zero-order valence-corrected chi connectivity index (χ0v) is 7.37. The van der Waals surface area contributed by atoms with Crippen molar-refractivity contribution in [1.29, 1.82) is 0 Å². The number of rotatable bonds is 5. The maximum atomic E-state index is 10.8. The largest absolute Gasteiger partial charge is 0.348 e. The molecule has 0 rings (SSSR count).